The van der Waals surface area contributed by atoms with Gasteiger partial charge in [-0.1, -0.05) is 11.6 Å². The molecule has 1 N–H and O–H groups in total. The summed E-state index contributed by atoms with van der Waals surface area (Å²) in [4.78, 5) is 0. The van der Waals surface area contributed by atoms with Crippen molar-refractivity contribution in [2.75, 3.05) is 0 Å². The summed E-state index contributed by atoms with van der Waals surface area (Å²) in [6.07, 6.45) is 2.95. The van der Waals surface area contributed by atoms with E-state index in [-0.39, 0.29) is 5.75 Å². The highest BCUT2D eigenvalue weighted by molar-refractivity contribution is 6.30. The maximum absolute atomic E-state index is 9.79. The van der Waals surface area contributed by atoms with E-state index in [0.717, 1.165) is 11.4 Å². The van der Waals surface area contributed by atoms with Crippen LogP contribution in [0.5, 0.6) is 5.75 Å². The molecule has 0 atom stereocenters. The van der Waals surface area contributed by atoms with Crippen molar-refractivity contribution in [2.45, 2.75) is 13.8 Å². The van der Waals surface area contributed by atoms with Crippen LogP contribution in [-0.2, 0) is 0 Å². The predicted octanol–water partition coefficient (Wildman–Crippen LogP) is 2.32. The molecule has 7 nitrogen and oxygen atoms in total. The summed E-state index contributed by atoms with van der Waals surface area (Å²) >= 11 is 5.91. The molecule has 0 bridgehead atoms. The first-order valence-corrected chi connectivity index (χ1v) is 6.89. The second-order valence-electron chi connectivity index (χ2n) is 4.76. The SMILES string of the molecule is Cc1cc(C)n(-c2nncn2/N=C\c2cc(Cl)ccc2O)n1. The molecular weight excluding hydrogens is 304 g/mol. The fourth-order valence-corrected chi connectivity index (χ4v) is 2.21. The molecule has 0 fully saturated rings. The van der Waals surface area contributed by atoms with Gasteiger partial charge in [0.2, 0.25) is 0 Å². The average molecular weight is 317 g/mol. The second-order valence-corrected chi connectivity index (χ2v) is 5.20. The molecule has 0 radical (unpaired) electrons. The Bertz CT molecular complexity index is 851. The molecule has 0 unspecified atom stereocenters. The van der Waals surface area contributed by atoms with Gasteiger partial charge in [-0.15, -0.1) is 10.2 Å². The van der Waals surface area contributed by atoms with Crippen LogP contribution in [0.3, 0.4) is 0 Å². The van der Waals surface area contributed by atoms with Crippen LogP contribution in [-0.4, -0.2) is 36.0 Å². The molecule has 0 aliphatic carbocycles. The van der Waals surface area contributed by atoms with Gasteiger partial charge >= 0.3 is 0 Å². The fourth-order valence-electron chi connectivity index (χ4n) is 2.03. The van der Waals surface area contributed by atoms with Gasteiger partial charge in [0.15, 0.2) is 0 Å². The van der Waals surface area contributed by atoms with Crippen LogP contribution in [0.1, 0.15) is 17.0 Å². The zero-order chi connectivity index (χ0) is 15.7. The predicted molar refractivity (Wildman–Crippen MR) is 82.7 cm³/mol. The Labute approximate surface area is 131 Å². The molecule has 0 amide bonds. The van der Waals surface area contributed by atoms with Gasteiger partial charge in [0.1, 0.15) is 12.1 Å². The molecule has 2 heterocycles. The first-order chi connectivity index (χ1) is 10.5. The largest absolute Gasteiger partial charge is 0.507 e. The minimum Gasteiger partial charge on any atom is -0.507 e. The molecular formula is C14H13ClN6O. The minimum absolute atomic E-state index is 0.0916. The summed E-state index contributed by atoms with van der Waals surface area (Å²) < 4.78 is 3.12. The van der Waals surface area contributed by atoms with Crippen LogP contribution in [0.4, 0.5) is 0 Å². The highest BCUT2D eigenvalue weighted by atomic mass is 35.5. The van der Waals surface area contributed by atoms with Gasteiger partial charge in [-0.25, -0.2) is 4.68 Å². The number of phenols is 1. The van der Waals surface area contributed by atoms with Crippen molar-refractivity contribution in [1.29, 1.82) is 0 Å². The maximum atomic E-state index is 9.79. The molecule has 0 saturated carbocycles. The van der Waals surface area contributed by atoms with Crippen LogP contribution in [0.25, 0.3) is 5.95 Å². The Morgan fingerprint density at radius 3 is 2.82 bits per heavy atom. The number of nitrogens with zero attached hydrogens (tertiary/aromatic N) is 6. The van der Waals surface area contributed by atoms with Gasteiger partial charge < -0.3 is 5.11 Å². The Morgan fingerprint density at radius 1 is 1.27 bits per heavy atom. The number of aromatic nitrogens is 5. The summed E-state index contributed by atoms with van der Waals surface area (Å²) in [5.74, 6) is 0.553. The molecule has 3 rings (SSSR count). The average Bonchev–Trinajstić information content (AvgIpc) is 3.05. The van der Waals surface area contributed by atoms with Crippen molar-refractivity contribution in [3.63, 3.8) is 0 Å². The summed E-state index contributed by atoms with van der Waals surface area (Å²) in [7, 11) is 0. The molecule has 0 aliphatic rings. The van der Waals surface area contributed by atoms with Gasteiger partial charge in [-0.3, -0.25) is 0 Å². The number of hydrogen-bond donors (Lipinski definition) is 1. The highest BCUT2D eigenvalue weighted by Gasteiger charge is 2.10. The van der Waals surface area contributed by atoms with E-state index in [1.54, 1.807) is 16.8 Å². The zero-order valence-corrected chi connectivity index (χ0v) is 12.7. The first kappa shape index (κ1) is 14.3. The lowest BCUT2D eigenvalue weighted by Crippen LogP contribution is -2.06. The molecule has 0 spiro atoms. The van der Waals surface area contributed by atoms with Crippen molar-refractivity contribution in [1.82, 2.24) is 24.7 Å². The van der Waals surface area contributed by atoms with Crippen molar-refractivity contribution in [3.8, 4) is 11.7 Å². The van der Waals surface area contributed by atoms with Crippen LogP contribution in [0.15, 0.2) is 35.7 Å². The van der Waals surface area contributed by atoms with E-state index in [9.17, 15) is 5.11 Å². The number of rotatable bonds is 3. The van der Waals surface area contributed by atoms with E-state index in [2.05, 4.69) is 20.4 Å². The van der Waals surface area contributed by atoms with Crippen LogP contribution in [0, 0.1) is 13.8 Å². The van der Waals surface area contributed by atoms with Crippen LogP contribution >= 0.6 is 11.6 Å². The molecule has 8 heteroatoms. The van der Waals surface area contributed by atoms with Crippen molar-refractivity contribution < 1.29 is 5.11 Å². The standard InChI is InChI=1S/C14H13ClN6O/c1-9-5-10(2)21(19-9)14-18-16-8-20(14)17-7-11-6-12(15)3-4-13(11)22/h3-8,22H,1-2H3/b17-7-. The number of aromatic hydroxyl groups is 1. The number of phenolic OH excluding ortho intramolecular Hbond substituents is 1. The fraction of sp³-hybridized carbons (Fsp3) is 0.143. The first-order valence-electron chi connectivity index (χ1n) is 6.51. The number of benzene rings is 1. The number of hydrogen-bond acceptors (Lipinski definition) is 5. The quantitative estimate of drug-likeness (QED) is 0.752. The van der Waals surface area contributed by atoms with E-state index >= 15 is 0 Å². The lowest BCUT2D eigenvalue weighted by molar-refractivity contribution is 0.474. The minimum atomic E-state index is 0.0916. The van der Waals surface area contributed by atoms with Crippen molar-refractivity contribution in [2.24, 2.45) is 5.10 Å². The Kier molecular flexibility index (Phi) is 3.64. The molecule has 112 valence electrons. The molecule has 0 saturated heterocycles. The number of halogens is 1. The van der Waals surface area contributed by atoms with Crippen LogP contribution < -0.4 is 0 Å². The van der Waals surface area contributed by atoms with Gasteiger partial charge in [-0.2, -0.15) is 14.9 Å². The zero-order valence-electron chi connectivity index (χ0n) is 12.0. The van der Waals surface area contributed by atoms with Crippen molar-refractivity contribution in [3.05, 3.63) is 52.6 Å². The Balaban J connectivity index is 1.97. The lowest BCUT2D eigenvalue weighted by Gasteiger charge is -2.03. The van der Waals surface area contributed by atoms with Gasteiger partial charge in [0.05, 0.1) is 11.9 Å². The lowest BCUT2D eigenvalue weighted by atomic mass is 10.2. The van der Waals surface area contributed by atoms with Crippen molar-refractivity contribution >= 4 is 17.8 Å². The third-order valence-electron chi connectivity index (χ3n) is 3.02. The third kappa shape index (κ3) is 2.71. The van der Waals surface area contributed by atoms with E-state index in [0.29, 0.717) is 16.5 Å². The molecule has 1 aromatic carbocycles. The van der Waals surface area contributed by atoms with Gasteiger partial charge in [0.25, 0.3) is 5.95 Å². The Hall–Kier alpha value is -2.67. The second kappa shape index (κ2) is 5.61. The summed E-state index contributed by atoms with van der Waals surface area (Å²) in [6, 6.07) is 6.67. The van der Waals surface area contributed by atoms with E-state index in [4.69, 9.17) is 11.6 Å². The summed E-state index contributed by atoms with van der Waals surface area (Å²) in [5, 5.41) is 26.8. The third-order valence-corrected chi connectivity index (χ3v) is 3.26. The van der Waals surface area contributed by atoms with E-state index < -0.39 is 0 Å². The smallest absolute Gasteiger partial charge is 0.273 e. The molecule has 0 aliphatic heterocycles. The normalized spacial score (nSPS) is 11.4. The topological polar surface area (TPSA) is 81.1 Å². The Morgan fingerprint density at radius 2 is 2.09 bits per heavy atom. The number of aryl methyl sites for hydroxylation is 2. The highest BCUT2D eigenvalue weighted by Crippen LogP contribution is 2.19. The maximum Gasteiger partial charge on any atom is 0.273 e. The molecule has 2 aromatic heterocycles. The van der Waals surface area contributed by atoms with Gasteiger partial charge in [-0.05, 0) is 38.1 Å². The molecule has 22 heavy (non-hydrogen) atoms. The van der Waals surface area contributed by atoms with Gasteiger partial charge in [0, 0.05) is 16.3 Å². The van der Waals surface area contributed by atoms with E-state index in [1.165, 1.54) is 23.3 Å². The summed E-state index contributed by atoms with van der Waals surface area (Å²) in [5.41, 5.74) is 2.30. The van der Waals surface area contributed by atoms with Crippen LogP contribution in [0.2, 0.25) is 5.02 Å². The monoisotopic (exact) mass is 316 g/mol. The van der Waals surface area contributed by atoms with E-state index in [1.807, 2.05) is 19.9 Å². The summed E-state index contributed by atoms with van der Waals surface area (Å²) in [6.45, 7) is 3.82. The molecule has 3 aromatic rings.